The first-order valence-corrected chi connectivity index (χ1v) is 14.0. The maximum Gasteiger partial charge on any atom is 0.326 e. The minimum absolute atomic E-state index is 0.0211. The quantitative estimate of drug-likeness (QED) is 0.151. The second kappa shape index (κ2) is 16.6. The van der Waals surface area contributed by atoms with Crippen molar-refractivity contribution in [1.29, 1.82) is 0 Å². The first kappa shape index (κ1) is 35.4. The minimum Gasteiger partial charge on any atom is -0.508 e. The SMILES string of the molecule is CC(C)CC(NC(=O)C(C)N)C(=O)NC(Cc1ccc(O)cc1)C(=O)NC(CC(C)C)C(=O)NC(C(=O)O)C(C)C. The molecule has 0 saturated heterocycles. The summed E-state index contributed by atoms with van der Waals surface area (Å²) in [5, 5.41) is 29.7. The highest BCUT2D eigenvalue weighted by Crippen LogP contribution is 2.14. The van der Waals surface area contributed by atoms with Crippen LogP contribution in [0.1, 0.15) is 66.9 Å². The number of phenols is 1. The third kappa shape index (κ3) is 12.6. The van der Waals surface area contributed by atoms with Crippen LogP contribution in [0.2, 0.25) is 0 Å². The van der Waals surface area contributed by atoms with E-state index in [1.807, 2.05) is 27.7 Å². The Morgan fingerprint density at radius 2 is 1.10 bits per heavy atom. The Kier molecular flexibility index (Phi) is 14.3. The number of benzene rings is 1. The van der Waals surface area contributed by atoms with Gasteiger partial charge in [-0.3, -0.25) is 19.2 Å². The van der Waals surface area contributed by atoms with E-state index in [1.54, 1.807) is 26.0 Å². The van der Waals surface area contributed by atoms with Crippen molar-refractivity contribution in [3.05, 3.63) is 29.8 Å². The molecule has 230 valence electrons. The fraction of sp³-hybridized carbons (Fsp3) is 0.621. The lowest BCUT2D eigenvalue weighted by Gasteiger charge is -2.28. The molecule has 8 N–H and O–H groups in total. The Balaban J connectivity index is 3.30. The molecule has 0 bridgehead atoms. The second-order valence-corrected chi connectivity index (χ2v) is 11.7. The largest absolute Gasteiger partial charge is 0.508 e. The zero-order valence-electron chi connectivity index (χ0n) is 25.1. The van der Waals surface area contributed by atoms with Gasteiger partial charge in [-0.15, -0.1) is 0 Å². The highest BCUT2D eigenvalue weighted by Gasteiger charge is 2.33. The summed E-state index contributed by atoms with van der Waals surface area (Å²) in [5.74, 6) is -3.97. The Bertz CT molecular complexity index is 1040. The van der Waals surface area contributed by atoms with Gasteiger partial charge in [0, 0.05) is 6.42 Å². The molecule has 1 rings (SSSR count). The van der Waals surface area contributed by atoms with Gasteiger partial charge < -0.3 is 37.2 Å². The molecule has 41 heavy (non-hydrogen) atoms. The minimum atomic E-state index is -1.19. The Hall–Kier alpha value is -3.67. The van der Waals surface area contributed by atoms with Crippen LogP contribution in [-0.2, 0) is 30.4 Å². The number of aliphatic carboxylic acids is 1. The monoisotopic (exact) mass is 577 g/mol. The van der Waals surface area contributed by atoms with Gasteiger partial charge in [-0.2, -0.15) is 0 Å². The van der Waals surface area contributed by atoms with Gasteiger partial charge in [0.05, 0.1) is 6.04 Å². The molecule has 4 amide bonds. The van der Waals surface area contributed by atoms with Gasteiger partial charge in [-0.05, 0) is 55.2 Å². The van der Waals surface area contributed by atoms with Gasteiger partial charge in [-0.25, -0.2) is 4.79 Å². The van der Waals surface area contributed by atoms with E-state index in [4.69, 9.17) is 5.73 Å². The number of rotatable bonds is 16. The normalized spacial score (nSPS) is 15.0. The molecular weight excluding hydrogens is 530 g/mol. The summed E-state index contributed by atoms with van der Waals surface area (Å²) in [4.78, 5) is 64.0. The van der Waals surface area contributed by atoms with Crippen LogP contribution < -0.4 is 27.0 Å². The van der Waals surface area contributed by atoms with Crippen molar-refractivity contribution >= 4 is 29.6 Å². The van der Waals surface area contributed by atoms with Crippen LogP contribution in [0.25, 0.3) is 0 Å². The number of hydrogen-bond donors (Lipinski definition) is 7. The summed E-state index contributed by atoms with van der Waals surface area (Å²) in [7, 11) is 0. The zero-order chi connectivity index (χ0) is 31.4. The lowest BCUT2D eigenvalue weighted by molar-refractivity contribution is -0.143. The molecule has 0 fully saturated rings. The summed E-state index contributed by atoms with van der Waals surface area (Å²) in [6, 6.07) is 0.931. The molecule has 0 heterocycles. The number of carboxylic acids is 1. The van der Waals surface area contributed by atoms with Crippen molar-refractivity contribution in [3.8, 4) is 5.75 Å². The van der Waals surface area contributed by atoms with E-state index < -0.39 is 65.7 Å². The van der Waals surface area contributed by atoms with Crippen molar-refractivity contribution < 1.29 is 34.2 Å². The van der Waals surface area contributed by atoms with Crippen molar-refractivity contribution in [2.45, 2.75) is 97.9 Å². The third-order valence-corrected chi connectivity index (χ3v) is 6.33. The van der Waals surface area contributed by atoms with Gasteiger partial charge in [0.25, 0.3) is 0 Å². The van der Waals surface area contributed by atoms with Crippen molar-refractivity contribution in [2.75, 3.05) is 0 Å². The zero-order valence-corrected chi connectivity index (χ0v) is 25.1. The number of carboxylic acid groups (broad SMARTS) is 1. The number of carbonyl (C=O) groups is 5. The highest BCUT2D eigenvalue weighted by molar-refractivity contribution is 5.95. The molecule has 5 atom stereocenters. The lowest BCUT2D eigenvalue weighted by Crippen LogP contribution is -2.59. The topological polar surface area (TPSA) is 200 Å². The third-order valence-electron chi connectivity index (χ3n) is 6.33. The van der Waals surface area contributed by atoms with Crippen LogP contribution in [0.3, 0.4) is 0 Å². The second-order valence-electron chi connectivity index (χ2n) is 11.7. The summed E-state index contributed by atoms with van der Waals surface area (Å²) < 4.78 is 0. The average molecular weight is 578 g/mol. The van der Waals surface area contributed by atoms with Crippen molar-refractivity contribution in [2.24, 2.45) is 23.5 Å². The molecule has 0 saturated carbocycles. The summed E-state index contributed by atoms with van der Waals surface area (Å²) >= 11 is 0. The van der Waals surface area contributed by atoms with Gasteiger partial charge in [0.15, 0.2) is 0 Å². The van der Waals surface area contributed by atoms with Gasteiger partial charge in [0.2, 0.25) is 23.6 Å². The molecule has 0 aliphatic heterocycles. The molecular formula is C29H47N5O7. The fourth-order valence-electron chi connectivity index (χ4n) is 4.10. The molecule has 5 unspecified atom stereocenters. The van der Waals surface area contributed by atoms with E-state index >= 15 is 0 Å². The van der Waals surface area contributed by atoms with Crippen LogP contribution in [0.4, 0.5) is 0 Å². The maximum atomic E-state index is 13.6. The number of aromatic hydroxyl groups is 1. The number of carbonyl (C=O) groups excluding carboxylic acids is 4. The molecule has 0 aromatic heterocycles. The molecule has 0 radical (unpaired) electrons. The molecule has 0 spiro atoms. The number of hydrogen-bond acceptors (Lipinski definition) is 7. The number of nitrogens with two attached hydrogens (primary N) is 1. The van der Waals surface area contributed by atoms with E-state index in [0.29, 0.717) is 12.0 Å². The van der Waals surface area contributed by atoms with E-state index in [2.05, 4.69) is 21.3 Å². The maximum absolute atomic E-state index is 13.6. The van der Waals surface area contributed by atoms with Crippen LogP contribution in [0, 0.1) is 17.8 Å². The first-order chi connectivity index (χ1) is 19.0. The molecule has 12 nitrogen and oxygen atoms in total. The fourth-order valence-corrected chi connectivity index (χ4v) is 4.10. The van der Waals surface area contributed by atoms with E-state index in [0.717, 1.165) is 0 Å². The first-order valence-electron chi connectivity index (χ1n) is 14.0. The number of phenolic OH excluding ortho intramolecular Hbond substituents is 1. The molecule has 0 aliphatic rings. The van der Waals surface area contributed by atoms with Gasteiger partial charge in [-0.1, -0.05) is 53.7 Å². The van der Waals surface area contributed by atoms with Crippen molar-refractivity contribution in [1.82, 2.24) is 21.3 Å². The smallest absolute Gasteiger partial charge is 0.326 e. The Morgan fingerprint density at radius 3 is 1.51 bits per heavy atom. The lowest BCUT2D eigenvalue weighted by atomic mass is 9.98. The molecule has 12 heteroatoms. The Labute approximate surface area is 242 Å². The predicted octanol–water partition coefficient (Wildman–Crippen LogP) is 1.05. The summed E-state index contributed by atoms with van der Waals surface area (Å²) in [5.41, 5.74) is 6.29. The van der Waals surface area contributed by atoms with Gasteiger partial charge >= 0.3 is 5.97 Å². The standard InChI is InChI=1S/C29H47N5O7/c1-15(2)12-21(31-25(36)18(7)30)26(37)33-23(14-19-8-10-20(35)11-9-19)27(38)32-22(13-16(3)4)28(39)34-24(17(5)6)29(40)41/h8-11,15-18,21-24,35H,12-14,30H2,1-7H3,(H,31,36)(H,32,38)(H,33,37)(H,34,39)(H,40,41). The van der Waals surface area contributed by atoms with E-state index in [1.165, 1.54) is 19.1 Å². The summed E-state index contributed by atoms with van der Waals surface area (Å²) in [6.07, 6.45) is 0.539. The van der Waals surface area contributed by atoms with Gasteiger partial charge in [0.1, 0.15) is 29.9 Å². The predicted molar refractivity (Wildman–Crippen MR) is 155 cm³/mol. The summed E-state index contributed by atoms with van der Waals surface area (Å²) in [6.45, 7) is 12.3. The van der Waals surface area contributed by atoms with Crippen LogP contribution in [0.5, 0.6) is 5.75 Å². The van der Waals surface area contributed by atoms with Crippen molar-refractivity contribution in [3.63, 3.8) is 0 Å². The molecule has 1 aromatic rings. The number of amides is 4. The molecule has 1 aromatic carbocycles. The Morgan fingerprint density at radius 1 is 0.683 bits per heavy atom. The van der Waals surface area contributed by atoms with E-state index in [-0.39, 0.29) is 30.4 Å². The number of nitrogens with one attached hydrogen (secondary N) is 4. The molecule has 0 aliphatic carbocycles. The van der Waals surface area contributed by atoms with Crippen LogP contribution in [-0.4, -0.2) is 70.0 Å². The van der Waals surface area contributed by atoms with Crippen LogP contribution >= 0.6 is 0 Å². The van der Waals surface area contributed by atoms with E-state index in [9.17, 15) is 34.2 Å². The average Bonchev–Trinajstić information content (AvgIpc) is 2.85. The van der Waals surface area contributed by atoms with Crippen LogP contribution in [0.15, 0.2) is 24.3 Å². The highest BCUT2D eigenvalue weighted by atomic mass is 16.4.